The molecule has 0 spiro atoms. The molecule has 0 atom stereocenters. The van der Waals surface area contributed by atoms with Crippen LogP contribution in [0.5, 0.6) is 0 Å². The highest BCUT2D eigenvalue weighted by Crippen LogP contribution is 2.27. The molecule has 2 aromatic rings. The summed E-state index contributed by atoms with van der Waals surface area (Å²) < 4.78 is 0. The highest BCUT2D eigenvalue weighted by atomic mass is 35.5. The third-order valence-electron chi connectivity index (χ3n) is 3.02. The Morgan fingerprint density at radius 3 is 2.62 bits per heavy atom. The second-order valence-corrected chi connectivity index (χ2v) is 4.83. The fourth-order valence-electron chi connectivity index (χ4n) is 1.94. The van der Waals surface area contributed by atoms with Crippen molar-refractivity contribution in [3.8, 4) is 0 Å². The van der Waals surface area contributed by atoms with Crippen LogP contribution in [-0.2, 0) is 0 Å². The summed E-state index contributed by atoms with van der Waals surface area (Å²) in [6.07, 6.45) is 1.52. The molecule has 1 N–H and O–H groups in total. The molecule has 0 saturated heterocycles. The number of nitro benzene ring substituents is 1. The second-order valence-electron chi connectivity index (χ2n) is 4.48. The molecule has 21 heavy (non-hydrogen) atoms. The number of nitro groups is 1. The molecule has 6 nitrogen and oxygen atoms in total. The Kier molecular flexibility index (Phi) is 4.18. The van der Waals surface area contributed by atoms with E-state index in [4.69, 9.17) is 11.6 Å². The van der Waals surface area contributed by atoms with Crippen molar-refractivity contribution in [1.82, 2.24) is 4.98 Å². The maximum atomic E-state index is 12.3. The molecule has 0 fully saturated rings. The molecule has 0 unspecified atom stereocenters. The first-order chi connectivity index (χ1) is 9.91. The number of nitrogens with zero attached hydrogens (tertiary/aromatic N) is 2. The number of carbonyl (C=O) groups is 1. The summed E-state index contributed by atoms with van der Waals surface area (Å²) in [7, 11) is 0. The van der Waals surface area contributed by atoms with Crippen molar-refractivity contribution >= 4 is 28.9 Å². The van der Waals surface area contributed by atoms with Gasteiger partial charge in [0.15, 0.2) is 5.15 Å². The number of nitrogens with one attached hydrogen (secondary N) is 1. The predicted molar refractivity (Wildman–Crippen MR) is 79.8 cm³/mol. The number of hydrogen-bond donors (Lipinski definition) is 1. The van der Waals surface area contributed by atoms with Crippen molar-refractivity contribution in [2.45, 2.75) is 13.8 Å². The van der Waals surface area contributed by atoms with Crippen LogP contribution in [0, 0.1) is 24.0 Å². The minimum absolute atomic E-state index is 0.0145. The molecular formula is C14H12ClN3O3. The maximum absolute atomic E-state index is 12.3. The Hall–Kier alpha value is -2.47. The lowest BCUT2D eigenvalue weighted by Crippen LogP contribution is -2.15. The second kappa shape index (κ2) is 5.88. The smallest absolute Gasteiger partial charge is 0.285 e. The average molecular weight is 306 g/mol. The van der Waals surface area contributed by atoms with Crippen LogP contribution in [0.15, 0.2) is 30.5 Å². The Bertz CT molecular complexity index is 711. The third-order valence-corrected chi connectivity index (χ3v) is 3.30. The van der Waals surface area contributed by atoms with E-state index < -0.39 is 10.8 Å². The van der Waals surface area contributed by atoms with Gasteiger partial charge in [0, 0.05) is 11.8 Å². The number of halogens is 1. The predicted octanol–water partition coefficient (Wildman–Crippen LogP) is 3.51. The van der Waals surface area contributed by atoms with Gasteiger partial charge in [0.05, 0.1) is 10.6 Å². The van der Waals surface area contributed by atoms with Crippen molar-refractivity contribution in [3.05, 3.63) is 62.4 Å². The number of aromatic nitrogens is 1. The van der Waals surface area contributed by atoms with Crippen LogP contribution in [0.1, 0.15) is 21.5 Å². The van der Waals surface area contributed by atoms with Crippen LogP contribution >= 0.6 is 11.6 Å². The monoisotopic (exact) mass is 305 g/mol. The zero-order valence-electron chi connectivity index (χ0n) is 11.4. The molecule has 0 radical (unpaired) electrons. The van der Waals surface area contributed by atoms with Gasteiger partial charge >= 0.3 is 0 Å². The molecule has 2 rings (SSSR count). The zero-order valence-corrected chi connectivity index (χ0v) is 12.1. The molecule has 0 aliphatic carbocycles. The Balaban J connectivity index is 2.43. The summed E-state index contributed by atoms with van der Waals surface area (Å²) in [5.74, 6) is -0.594. The van der Waals surface area contributed by atoms with Crippen LogP contribution in [-0.4, -0.2) is 15.8 Å². The standard InChI is InChI=1S/C14H12ClN3O3/c1-8-6-7-16-13(15)11(8)17-14(19)10-5-3-4-9(2)12(10)18(20)21/h3-7H,1-2H3,(H,17,19). The highest BCUT2D eigenvalue weighted by Gasteiger charge is 2.23. The number of hydrogen-bond acceptors (Lipinski definition) is 4. The first kappa shape index (κ1) is 14.9. The minimum Gasteiger partial charge on any atom is -0.319 e. The Morgan fingerprint density at radius 2 is 2.00 bits per heavy atom. The normalized spacial score (nSPS) is 10.2. The van der Waals surface area contributed by atoms with Gasteiger partial charge in [0.1, 0.15) is 5.56 Å². The number of aryl methyl sites for hydroxylation is 2. The van der Waals surface area contributed by atoms with Crippen LogP contribution in [0.3, 0.4) is 0 Å². The molecule has 7 heteroatoms. The number of para-hydroxylation sites is 1. The molecule has 0 saturated carbocycles. The Labute approximate surface area is 125 Å². The number of pyridine rings is 1. The lowest BCUT2D eigenvalue weighted by atomic mass is 10.1. The van der Waals surface area contributed by atoms with E-state index in [1.807, 2.05) is 0 Å². The van der Waals surface area contributed by atoms with Gasteiger partial charge in [0.2, 0.25) is 0 Å². The van der Waals surface area contributed by atoms with Crippen molar-refractivity contribution in [1.29, 1.82) is 0 Å². The van der Waals surface area contributed by atoms with E-state index in [0.29, 0.717) is 11.3 Å². The van der Waals surface area contributed by atoms with Gasteiger partial charge in [-0.05, 0) is 31.5 Å². The van der Waals surface area contributed by atoms with E-state index in [9.17, 15) is 14.9 Å². The van der Waals surface area contributed by atoms with Gasteiger partial charge in [-0.2, -0.15) is 0 Å². The summed E-state index contributed by atoms with van der Waals surface area (Å²) in [6.45, 7) is 3.34. The lowest BCUT2D eigenvalue weighted by molar-refractivity contribution is -0.385. The van der Waals surface area contributed by atoms with Gasteiger partial charge in [-0.1, -0.05) is 23.7 Å². The van der Waals surface area contributed by atoms with Crippen LogP contribution in [0.4, 0.5) is 11.4 Å². The summed E-state index contributed by atoms with van der Waals surface area (Å²) in [5.41, 5.74) is 1.26. The first-order valence-electron chi connectivity index (χ1n) is 6.08. The fraction of sp³-hybridized carbons (Fsp3) is 0.143. The summed E-state index contributed by atoms with van der Waals surface area (Å²) in [6, 6.07) is 6.26. The Morgan fingerprint density at radius 1 is 1.29 bits per heavy atom. The van der Waals surface area contributed by atoms with E-state index in [2.05, 4.69) is 10.3 Å². The van der Waals surface area contributed by atoms with Crippen molar-refractivity contribution < 1.29 is 9.72 Å². The fourth-order valence-corrected chi connectivity index (χ4v) is 2.19. The van der Waals surface area contributed by atoms with Gasteiger partial charge in [-0.15, -0.1) is 0 Å². The molecule has 1 amide bonds. The average Bonchev–Trinajstić information content (AvgIpc) is 2.42. The SMILES string of the molecule is Cc1ccnc(Cl)c1NC(=O)c1cccc(C)c1[N+](=O)[O-]. The molecule has 108 valence electrons. The van der Waals surface area contributed by atoms with E-state index in [-0.39, 0.29) is 16.4 Å². The van der Waals surface area contributed by atoms with Crippen molar-refractivity contribution in [2.75, 3.05) is 5.32 Å². The van der Waals surface area contributed by atoms with Gasteiger partial charge < -0.3 is 5.32 Å². The molecule has 0 aliphatic heterocycles. The number of anilines is 1. The van der Waals surface area contributed by atoms with Gasteiger partial charge in [0.25, 0.3) is 11.6 Å². The molecular weight excluding hydrogens is 294 g/mol. The highest BCUT2D eigenvalue weighted by molar-refractivity contribution is 6.33. The van der Waals surface area contributed by atoms with E-state index in [0.717, 1.165) is 5.56 Å². The van der Waals surface area contributed by atoms with E-state index in [1.54, 1.807) is 32.0 Å². The molecule has 0 bridgehead atoms. The summed E-state index contributed by atoms with van der Waals surface area (Å²) >= 11 is 5.93. The largest absolute Gasteiger partial charge is 0.319 e. The maximum Gasteiger partial charge on any atom is 0.285 e. The number of amides is 1. The molecule has 1 aromatic carbocycles. The number of rotatable bonds is 3. The number of benzene rings is 1. The van der Waals surface area contributed by atoms with Crippen molar-refractivity contribution in [2.24, 2.45) is 0 Å². The van der Waals surface area contributed by atoms with E-state index in [1.165, 1.54) is 12.3 Å². The molecule has 0 aliphatic rings. The summed E-state index contributed by atoms with van der Waals surface area (Å²) in [5, 5.41) is 13.8. The lowest BCUT2D eigenvalue weighted by Gasteiger charge is -2.10. The van der Waals surface area contributed by atoms with Crippen LogP contribution in [0.25, 0.3) is 0 Å². The van der Waals surface area contributed by atoms with Crippen LogP contribution in [0.2, 0.25) is 5.15 Å². The minimum atomic E-state index is -0.594. The topological polar surface area (TPSA) is 85.1 Å². The van der Waals surface area contributed by atoms with Gasteiger partial charge in [-0.3, -0.25) is 14.9 Å². The first-order valence-corrected chi connectivity index (χ1v) is 6.46. The molecule has 1 aromatic heterocycles. The van der Waals surface area contributed by atoms with Crippen LogP contribution < -0.4 is 5.32 Å². The zero-order chi connectivity index (χ0) is 15.6. The number of carbonyl (C=O) groups excluding carboxylic acids is 1. The third kappa shape index (κ3) is 3.00. The summed E-state index contributed by atoms with van der Waals surface area (Å²) in [4.78, 5) is 26.7. The van der Waals surface area contributed by atoms with Crippen molar-refractivity contribution in [3.63, 3.8) is 0 Å². The van der Waals surface area contributed by atoms with E-state index >= 15 is 0 Å². The van der Waals surface area contributed by atoms with Gasteiger partial charge in [-0.25, -0.2) is 4.98 Å². The quantitative estimate of drug-likeness (QED) is 0.534. The molecule has 1 heterocycles.